The van der Waals surface area contributed by atoms with Gasteiger partial charge in [-0.15, -0.1) is 11.8 Å². The highest BCUT2D eigenvalue weighted by Gasteiger charge is 2.65. The first-order chi connectivity index (χ1) is 7.53. The number of hydrogen-bond acceptors (Lipinski definition) is 5. The molecule has 16 heavy (non-hydrogen) atoms. The van der Waals surface area contributed by atoms with Gasteiger partial charge in [-0.1, -0.05) is 22.9 Å². The van der Waals surface area contributed by atoms with Crippen molar-refractivity contribution in [1.82, 2.24) is 0 Å². The van der Waals surface area contributed by atoms with Crippen molar-refractivity contribution in [2.24, 2.45) is 0 Å². The second-order valence-electron chi connectivity index (χ2n) is 4.39. The number of alkyl halides is 1. The van der Waals surface area contributed by atoms with Gasteiger partial charge in [-0.25, -0.2) is 0 Å². The fourth-order valence-corrected chi connectivity index (χ4v) is 7.05. The molecule has 0 aromatic heterocycles. The minimum absolute atomic E-state index is 0.0113. The highest BCUT2D eigenvalue weighted by molar-refractivity contribution is 9.09. The molecule has 3 aliphatic rings. The van der Waals surface area contributed by atoms with Crippen molar-refractivity contribution in [1.29, 1.82) is 0 Å². The zero-order chi connectivity index (χ0) is 11.5. The molecular formula is C9H13BrO4S2. The average Bonchev–Trinajstić information content (AvgIpc) is 2.81. The molecule has 6 unspecified atom stereocenters. The lowest BCUT2D eigenvalue weighted by atomic mass is 9.94. The third kappa shape index (κ3) is 1.59. The van der Waals surface area contributed by atoms with Gasteiger partial charge in [-0.05, 0) is 12.8 Å². The summed E-state index contributed by atoms with van der Waals surface area (Å²) in [6.07, 6.45) is 1.21. The van der Waals surface area contributed by atoms with Crippen molar-refractivity contribution in [3.8, 4) is 0 Å². The summed E-state index contributed by atoms with van der Waals surface area (Å²) in [6, 6.07) is 0. The van der Waals surface area contributed by atoms with E-state index in [1.807, 2.05) is 6.92 Å². The third-order valence-corrected chi connectivity index (χ3v) is 7.89. The van der Waals surface area contributed by atoms with Gasteiger partial charge < -0.3 is 4.74 Å². The van der Waals surface area contributed by atoms with Crippen LogP contribution in [0.1, 0.15) is 19.8 Å². The van der Waals surface area contributed by atoms with Crippen LogP contribution >= 0.6 is 27.7 Å². The molecule has 0 radical (unpaired) electrons. The maximum atomic E-state index is 11.7. The van der Waals surface area contributed by atoms with E-state index in [1.165, 1.54) is 0 Å². The smallest absolute Gasteiger partial charge is 0.271 e. The van der Waals surface area contributed by atoms with Crippen molar-refractivity contribution in [3.05, 3.63) is 0 Å². The quantitative estimate of drug-likeness (QED) is 0.580. The van der Waals surface area contributed by atoms with Crippen LogP contribution in [0.5, 0.6) is 0 Å². The molecule has 92 valence electrons. The van der Waals surface area contributed by atoms with Crippen LogP contribution in [0.25, 0.3) is 0 Å². The Balaban J connectivity index is 1.81. The van der Waals surface area contributed by atoms with Gasteiger partial charge in [0.25, 0.3) is 10.1 Å². The van der Waals surface area contributed by atoms with E-state index in [0.717, 1.165) is 6.42 Å². The summed E-state index contributed by atoms with van der Waals surface area (Å²) >= 11 is 5.14. The summed E-state index contributed by atoms with van der Waals surface area (Å²) in [4.78, 5) is 0. The minimum atomic E-state index is -3.32. The first kappa shape index (κ1) is 11.8. The molecule has 7 heteroatoms. The summed E-state index contributed by atoms with van der Waals surface area (Å²) in [5.74, 6) is 0. The minimum Gasteiger partial charge on any atom is -0.360 e. The van der Waals surface area contributed by atoms with Crippen LogP contribution in [0.15, 0.2) is 0 Å². The Morgan fingerprint density at radius 1 is 1.62 bits per heavy atom. The maximum absolute atomic E-state index is 11.7. The molecular weight excluding hydrogens is 316 g/mol. The molecule has 0 saturated carbocycles. The van der Waals surface area contributed by atoms with E-state index in [-0.39, 0.29) is 33.0 Å². The Bertz CT molecular complexity index is 398. The highest BCUT2D eigenvalue weighted by atomic mass is 79.9. The van der Waals surface area contributed by atoms with E-state index in [2.05, 4.69) is 15.9 Å². The number of ether oxygens (including phenoxy) is 1. The van der Waals surface area contributed by atoms with Gasteiger partial charge in [-0.3, -0.25) is 4.18 Å². The van der Waals surface area contributed by atoms with Crippen LogP contribution in [-0.4, -0.2) is 41.4 Å². The predicted molar refractivity (Wildman–Crippen MR) is 65.2 cm³/mol. The van der Waals surface area contributed by atoms with Gasteiger partial charge in [0.15, 0.2) is 0 Å². The van der Waals surface area contributed by atoms with E-state index < -0.39 is 10.1 Å². The third-order valence-electron chi connectivity index (χ3n) is 3.42. The second kappa shape index (κ2) is 3.85. The van der Waals surface area contributed by atoms with Crippen LogP contribution in [0, 0.1) is 0 Å². The first-order valence-electron chi connectivity index (χ1n) is 5.40. The molecule has 4 nitrogen and oxygen atoms in total. The number of thioether (sulfide) groups is 1. The first-order valence-corrected chi connectivity index (χ1v) is 8.73. The molecule has 2 bridgehead atoms. The van der Waals surface area contributed by atoms with E-state index in [1.54, 1.807) is 11.8 Å². The van der Waals surface area contributed by atoms with Gasteiger partial charge in [0.1, 0.15) is 16.4 Å². The van der Waals surface area contributed by atoms with Crippen molar-refractivity contribution in [3.63, 3.8) is 0 Å². The second-order valence-corrected chi connectivity index (χ2v) is 8.61. The summed E-state index contributed by atoms with van der Waals surface area (Å²) < 4.78 is 34.4. The van der Waals surface area contributed by atoms with Gasteiger partial charge >= 0.3 is 0 Å². The van der Waals surface area contributed by atoms with Crippen LogP contribution in [-0.2, 0) is 19.0 Å². The number of halogens is 1. The molecule has 3 saturated heterocycles. The van der Waals surface area contributed by atoms with Crippen LogP contribution < -0.4 is 0 Å². The van der Waals surface area contributed by atoms with Crippen molar-refractivity contribution >= 4 is 37.8 Å². The Morgan fingerprint density at radius 3 is 3.06 bits per heavy atom. The molecule has 0 amide bonds. The normalized spacial score (nSPS) is 49.8. The lowest BCUT2D eigenvalue weighted by Gasteiger charge is -2.25. The number of rotatable bonds is 3. The molecule has 0 aromatic carbocycles. The van der Waals surface area contributed by atoms with E-state index in [0.29, 0.717) is 6.42 Å². The fourth-order valence-electron chi connectivity index (χ4n) is 2.66. The van der Waals surface area contributed by atoms with Crippen LogP contribution in [0.4, 0.5) is 0 Å². The fraction of sp³-hybridized carbons (Fsp3) is 1.00. The molecule has 6 atom stereocenters. The lowest BCUT2D eigenvalue weighted by Crippen LogP contribution is -2.41. The Morgan fingerprint density at radius 2 is 2.38 bits per heavy atom. The monoisotopic (exact) mass is 328 g/mol. The maximum Gasteiger partial charge on any atom is 0.271 e. The number of fused-ring (bicyclic) bond motifs is 1. The van der Waals surface area contributed by atoms with E-state index in [4.69, 9.17) is 8.92 Å². The topological polar surface area (TPSA) is 52.6 Å². The lowest BCUT2D eigenvalue weighted by molar-refractivity contribution is -0.0261. The van der Waals surface area contributed by atoms with Gasteiger partial charge in [-0.2, -0.15) is 8.42 Å². The zero-order valence-corrected chi connectivity index (χ0v) is 11.9. The SMILES string of the molecule is CCC(Br)OC1C2CC3C(S2)C1OS3(=O)=O. The highest BCUT2D eigenvalue weighted by Crippen LogP contribution is 2.56. The average molecular weight is 329 g/mol. The van der Waals surface area contributed by atoms with Crippen molar-refractivity contribution in [2.75, 3.05) is 0 Å². The molecule has 0 aromatic rings. The summed E-state index contributed by atoms with van der Waals surface area (Å²) in [6.45, 7) is 2.02. The molecule has 0 aliphatic carbocycles. The van der Waals surface area contributed by atoms with Crippen LogP contribution in [0.2, 0.25) is 0 Å². The molecule has 3 heterocycles. The Kier molecular flexibility index (Phi) is 2.83. The standard InChI is InChI=1S/C9H13BrO4S2/c1-2-6(10)13-7-4-3-5-9(15-4)8(7)14-16(5,11)12/h4-9H,2-3H2,1H3. The summed E-state index contributed by atoms with van der Waals surface area (Å²) in [5.41, 5.74) is 0. The Labute approximate surface area is 108 Å². The molecule has 3 aliphatic heterocycles. The Hall–Kier alpha value is 0.700. The zero-order valence-electron chi connectivity index (χ0n) is 8.71. The van der Waals surface area contributed by atoms with Crippen molar-refractivity contribution < 1.29 is 17.3 Å². The molecule has 0 spiro atoms. The largest absolute Gasteiger partial charge is 0.360 e. The molecule has 3 rings (SSSR count). The summed E-state index contributed by atoms with van der Waals surface area (Å²) in [7, 11) is -3.32. The van der Waals surface area contributed by atoms with Gasteiger partial charge in [0, 0.05) is 5.25 Å². The molecule has 0 N–H and O–H groups in total. The predicted octanol–water partition coefficient (Wildman–Crippen LogP) is 1.49. The van der Waals surface area contributed by atoms with Crippen molar-refractivity contribution in [2.45, 2.75) is 52.7 Å². The van der Waals surface area contributed by atoms with E-state index in [9.17, 15) is 8.42 Å². The van der Waals surface area contributed by atoms with Crippen LogP contribution in [0.3, 0.4) is 0 Å². The number of hydrogen-bond donors (Lipinski definition) is 0. The summed E-state index contributed by atoms with van der Waals surface area (Å²) in [5, 5.41) is 0.0750. The van der Waals surface area contributed by atoms with Gasteiger partial charge in [0.2, 0.25) is 0 Å². The van der Waals surface area contributed by atoms with E-state index >= 15 is 0 Å². The van der Waals surface area contributed by atoms with Gasteiger partial charge in [0.05, 0.1) is 11.4 Å². The molecule has 3 fully saturated rings.